The summed E-state index contributed by atoms with van der Waals surface area (Å²) in [4.78, 5) is 20.8. The number of nitrogens with zero attached hydrogens (tertiary/aromatic N) is 2. The maximum atomic E-state index is 14.3. The van der Waals surface area contributed by atoms with Gasteiger partial charge in [0.1, 0.15) is 11.4 Å². The molecule has 5 aliphatic rings. The van der Waals surface area contributed by atoms with E-state index in [-0.39, 0.29) is 23.7 Å². The van der Waals surface area contributed by atoms with Gasteiger partial charge in [-0.05, 0) is 116 Å². The number of thiazole rings is 1. The molecule has 4 bridgehead atoms. The maximum Gasteiger partial charge on any atom is 0.275 e. The molecule has 43 heavy (non-hydrogen) atoms. The van der Waals surface area contributed by atoms with E-state index in [1.54, 1.807) is 12.5 Å². The Hall–Kier alpha value is -3.34. The third kappa shape index (κ3) is 5.45. The van der Waals surface area contributed by atoms with Crippen molar-refractivity contribution in [3.05, 3.63) is 75.2 Å². The lowest BCUT2D eigenvalue weighted by atomic mass is 9.53. The van der Waals surface area contributed by atoms with Gasteiger partial charge in [0, 0.05) is 23.0 Å². The van der Waals surface area contributed by atoms with Gasteiger partial charge < -0.3 is 15.0 Å². The van der Waals surface area contributed by atoms with Crippen LogP contribution in [0.3, 0.4) is 0 Å². The Kier molecular flexibility index (Phi) is 7.69. The van der Waals surface area contributed by atoms with Crippen molar-refractivity contribution in [1.82, 2.24) is 15.2 Å². The summed E-state index contributed by atoms with van der Waals surface area (Å²) < 4.78 is 5.61. The summed E-state index contributed by atoms with van der Waals surface area (Å²) in [5, 5.41) is 10.0. The molecule has 1 aliphatic heterocycles. The van der Waals surface area contributed by atoms with Gasteiger partial charge in [-0.1, -0.05) is 31.5 Å². The first-order valence-electron chi connectivity index (χ1n) is 16.0. The topological polar surface area (TPSA) is 66.5 Å². The van der Waals surface area contributed by atoms with Crippen LogP contribution in [-0.2, 0) is 6.42 Å². The molecule has 8 rings (SSSR count). The van der Waals surface area contributed by atoms with Gasteiger partial charge in [0.15, 0.2) is 5.01 Å². The smallest absolute Gasteiger partial charge is 0.275 e. The zero-order chi connectivity index (χ0) is 29.6. The van der Waals surface area contributed by atoms with E-state index in [4.69, 9.17) is 11.2 Å². The molecule has 4 saturated carbocycles. The van der Waals surface area contributed by atoms with E-state index in [9.17, 15) is 4.79 Å². The van der Waals surface area contributed by atoms with Crippen molar-refractivity contribution in [2.45, 2.75) is 82.5 Å². The Morgan fingerprint density at radius 2 is 1.84 bits per heavy atom. The molecule has 224 valence electrons. The number of ether oxygens (including phenoxy) is 1. The summed E-state index contributed by atoms with van der Waals surface area (Å²) in [6.07, 6.45) is 16.5. The average molecular weight is 595 g/mol. The van der Waals surface area contributed by atoms with Gasteiger partial charge in [-0.15, -0.1) is 17.8 Å². The summed E-state index contributed by atoms with van der Waals surface area (Å²) in [7, 11) is 1.70. The number of carbonyl (C=O) groups is 1. The highest BCUT2D eigenvalue weighted by atomic mass is 32.1. The molecule has 0 radical (unpaired) electrons. The van der Waals surface area contributed by atoms with Crippen LogP contribution in [0.1, 0.15) is 96.5 Å². The van der Waals surface area contributed by atoms with Crippen LogP contribution in [0.25, 0.3) is 0 Å². The molecular weight excluding hydrogens is 552 g/mol. The molecule has 4 aliphatic carbocycles. The monoisotopic (exact) mass is 594 g/mol. The van der Waals surface area contributed by atoms with Crippen LogP contribution in [0, 0.1) is 30.1 Å². The van der Waals surface area contributed by atoms with Gasteiger partial charge in [0.05, 0.1) is 19.3 Å². The molecule has 0 unspecified atom stereocenters. The SMILES string of the molecule is C#Cc1nc(C(=O)N2[C@@H](c3ccc(NC45CC6CC(CC(C6)C4)C5)cc3)c3ccc(OC)cc3C[C@@H]2NCCCC)cs1. The second kappa shape index (κ2) is 11.6. The van der Waals surface area contributed by atoms with Crippen molar-refractivity contribution in [3.8, 4) is 18.1 Å². The molecule has 1 amide bonds. The molecular formula is C36H42N4O2S. The zero-order valence-corrected chi connectivity index (χ0v) is 26.1. The molecule has 3 aromatic rings. The van der Waals surface area contributed by atoms with Gasteiger partial charge >= 0.3 is 0 Å². The molecule has 2 aromatic carbocycles. The zero-order valence-electron chi connectivity index (χ0n) is 25.3. The Balaban J connectivity index is 1.24. The fraction of sp³-hybridized carbons (Fsp3) is 0.500. The van der Waals surface area contributed by atoms with Crippen LogP contribution in [0.5, 0.6) is 5.75 Å². The van der Waals surface area contributed by atoms with Crippen molar-refractivity contribution in [3.63, 3.8) is 0 Å². The molecule has 1 aromatic heterocycles. The molecule has 2 atom stereocenters. The summed E-state index contributed by atoms with van der Waals surface area (Å²) >= 11 is 1.34. The van der Waals surface area contributed by atoms with Crippen LogP contribution in [0.4, 0.5) is 5.69 Å². The number of nitrogens with one attached hydrogen (secondary N) is 2. The van der Waals surface area contributed by atoms with E-state index in [1.807, 2.05) is 11.0 Å². The van der Waals surface area contributed by atoms with Gasteiger partial charge in [-0.25, -0.2) is 4.98 Å². The number of aromatic nitrogens is 1. The lowest BCUT2D eigenvalue weighted by molar-refractivity contribution is 0.0107. The molecule has 7 heteroatoms. The molecule has 4 fully saturated rings. The molecule has 2 heterocycles. The highest BCUT2D eigenvalue weighted by Crippen LogP contribution is 2.56. The standard InChI is InChI=1S/C36H42N4O2S/c1-4-6-13-37-32-18-27-17-29(42-3)11-12-30(27)34(40(32)35(41)31-22-43-33(5-2)38-31)26-7-9-28(10-8-26)39-36-19-23-14-24(20-36)16-25(15-23)21-36/h2,7-12,17,22-25,32,34,37,39H,4,6,13-16,18-21H2,1,3H3/t23?,24?,25?,32-,34+,36?/m1/s1. The van der Waals surface area contributed by atoms with E-state index >= 15 is 0 Å². The van der Waals surface area contributed by atoms with Crippen molar-refractivity contribution in [2.24, 2.45) is 17.8 Å². The minimum atomic E-state index is -0.272. The van der Waals surface area contributed by atoms with E-state index in [0.717, 1.165) is 54.0 Å². The lowest BCUT2D eigenvalue weighted by Gasteiger charge is -2.57. The number of carbonyl (C=O) groups excluding carboxylic acids is 1. The first-order chi connectivity index (χ1) is 21.0. The average Bonchev–Trinajstić information content (AvgIpc) is 3.49. The minimum Gasteiger partial charge on any atom is -0.497 e. The first kappa shape index (κ1) is 28.4. The highest BCUT2D eigenvalue weighted by molar-refractivity contribution is 7.10. The predicted molar refractivity (Wildman–Crippen MR) is 172 cm³/mol. The predicted octanol–water partition coefficient (Wildman–Crippen LogP) is 7.02. The number of anilines is 1. The Morgan fingerprint density at radius 1 is 1.12 bits per heavy atom. The summed E-state index contributed by atoms with van der Waals surface area (Å²) in [6.45, 7) is 3.02. The Morgan fingerprint density at radius 3 is 2.47 bits per heavy atom. The van der Waals surface area contributed by atoms with Crippen molar-refractivity contribution >= 4 is 22.9 Å². The second-order valence-corrected chi connectivity index (χ2v) is 14.2. The summed E-state index contributed by atoms with van der Waals surface area (Å²) in [5.41, 5.74) is 5.25. The first-order valence-corrected chi connectivity index (χ1v) is 16.9. The lowest BCUT2D eigenvalue weighted by Crippen LogP contribution is -2.55. The third-order valence-corrected chi connectivity index (χ3v) is 11.1. The number of methoxy groups -OCH3 is 1. The number of hydrogen-bond acceptors (Lipinski definition) is 6. The molecule has 2 N–H and O–H groups in total. The van der Waals surface area contributed by atoms with E-state index in [2.05, 4.69) is 64.9 Å². The number of hydrogen-bond donors (Lipinski definition) is 2. The fourth-order valence-electron chi connectivity index (χ4n) is 8.89. The van der Waals surface area contributed by atoms with Crippen LogP contribution < -0.4 is 15.4 Å². The fourth-order valence-corrected chi connectivity index (χ4v) is 9.49. The normalized spacial score (nSPS) is 28.8. The number of fused-ring (bicyclic) bond motifs is 1. The van der Waals surface area contributed by atoms with Crippen LogP contribution >= 0.6 is 11.3 Å². The van der Waals surface area contributed by atoms with Crippen LogP contribution in [0.15, 0.2) is 47.8 Å². The van der Waals surface area contributed by atoms with Gasteiger partial charge in [0.2, 0.25) is 0 Å². The van der Waals surface area contributed by atoms with Gasteiger partial charge in [0.25, 0.3) is 5.91 Å². The third-order valence-electron chi connectivity index (χ3n) is 10.3. The van der Waals surface area contributed by atoms with Gasteiger partial charge in [-0.2, -0.15) is 0 Å². The number of unbranched alkanes of at least 4 members (excludes halogenated alkanes) is 1. The second-order valence-electron chi connectivity index (χ2n) is 13.3. The molecule has 0 saturated heterocycles. The quantitative estimate of drug-likeness (QED) is 0.206. The van der Waals surface area contributed by atoms with Crippen LogP contribution in [-0.4, -0.2) is 41.2 Å². The van der Waals surface area contributed by atoms with E-state index in [0.29, 0.717) is 17.1 Å². The van der Waals surface area contributed by atoms with Gasteiger partial charge in [-0.3, -0.25) is 10.1 Å². The summed E-state index contributed by atoms with van der Waals surface area (Å²) in [5.74, 6) is 6.00. The number of terminal acetylenes is 1. The number of rotatable bonds is 9. The maximum absolute atomic E-state index is 14.3. The Labute approximate surface area is 259 Å². The van der Waals surface area contributed by atoms with E-state index in [1.165, 1.54) is 61.1 Å². The van der Waals surface area contributed by atoms with E-state index < -0.39 is 0 Å². The Bertz CT molecular complexity index is 1490. The van der Waals surface area contributed by atoms with Crippen LogP contribution in [0.2, 0.25) is 0 Å². The minimum absolute atomic E-state index is 0.103. The molecule has 0 spiro atoms. The highest BCUT2D eigenvalue weighted by Gasteiger charge is 2.51. The number of benzene rings is 2. The number of amides is 1. The largest absolute Gasteiger partial charge is 0.497 e. The summed E-state index contributed by atoms with van der Waals surface area (Å²) in [6, 6.07) is 14.9. The molecule has 6 nitrogen and oxygen atoms in total. The van der Waals surface area contributed by atoms with Crippen molar-refractivity contribution in [2.75, 3.05) is 19.0 Å². The van der Waals surface area contributed by atoms with Crippen molar-refractivity contribution in [1.29, 1.82) is 0 Å². The van der Waals surface area contributed by atoms with Crippen molar-refractivity contribution < 1.29 is 9.53 Å².